The number of aliphatic hydroxyl groups excluding tert-OH is 1. The monoisotopic (exact) mass is 266 g/mol. The second kappa shape index (κ2) is 4.82. The second-order valence-electron chi connectivity index (χ2n) is 4.88. The lowest BCUT2D eigenvalue weighted by Gasteiger charge is -2.17. The van der Waals surface area contributed by atoms with E-state index in [4.69, 9.17) is 11.6 Å². The number of nitrogens with zero attached hydrogens (tertiary/aromatic N) is 4. The average molecular weight is 267 g/mol. The standard InChI is InChI=1S/C12H15ClN4O/c13-12-14-4-10-5-15-17(11(10)16-12)6-8-2-1-3-9(8)7-18/h4-5,8-9,18H,1-3,6-7H2. The van der Waals surface area contributed by atoms with Crippen molar-refractivity contribution in [3.63, 3.8) is 0 Å². The summed E-state index contributed by atoms with van der Waals surface area (Å²) >= 11 is 5.82. The molecular weight excluding hydrogens is 252 g/mol. The fourth-order valence-corrected chi connectivity index (χ4v) is 2.92. The third-order valence-corrected chi connectivity index (χ3v) is 3.99. The third kappa shape index (κ3) is 2.08. The smallest absolute Gasteiger partial charge is 0.224 e. The Morgan fingerprint density at radius 3 is 3.00 bits per heavy atom. The van der Waals surface area contributed by atoms with E-state index in [9.17, 15) is 5.11 Å². The maximum atomic E-state index is 9.35. The van der Waals surface area contributed by atoms with Crippen molar-refractivity contribution in [2.45, 2.75) is 25.8 Å². The Bertz CT molecular complexity index is 556. The van der Waals surface area contributed by atoms with E-state index in [-0.39, 0.29) is 11.9 Å². The Kier molecular flexibility index (Phi) is 3.18. The molecule has 1 saturated carbocycles. The minimum absolute atomic E-state index is 0.245. The molecule has 3 rings (SSSR count). The van der Waals surface area contributed by atoms with Crippen LogP contribution in [0.4, 0.5) is 0 Å². The molecule has 0 saturated heterocycles. The molecule has 1 aliphatic rings. The van der Waals surface area contributed by atoms with Gasteiger partial charge in [0.15, 0.2) is 5.65 Å². The summed E-state index contributed by atoms with van der Waals surface area (Å²) in [4.78, 5) is 8.17. The van der Waals surface area contributed by atoms with Crippen molar-refractivity contribution >= 4 is 22.6 Å². The molecule has 2 unspecified atom stereocenters. The predicted molar refractivity (Wildman–Crippen MR) is 68.2 cm³/mol. The van der Waals surface area contributed by atoms with E-state index >= 15 is 0 Å². The van der Waals surface area contributed by atoms with Crippen LogP contribution in [0.5, 0.6) is 0 Å². The fraction of sp³-hybridized carbons (Fsp3) is 0.583. The van der Waals surface area contributed by atoms with Gasteiger partial charge in [-0.1, -0.05) is 6.42 Å². The van der Waals surface area contributed by atoms with Crippen LogP contribution in [0.15, 0.2) is 12.4 Å². The van der Waals surface area contributed by atoms with Crippen molar-refractivity contribution in [3.05, 3.63) is 17.7 Å². The highest BCUT2D eigenvalue weighted by Crippen LogP contribution is 2.32. The van der Waals surface area contributed by atoms with Gasteiger partial charge in [-0.05, 0) is 36.3 Å². The minimum atomic E-state index is 0.245. The molecule has 0 aromatic carbocycles. The van der Waals surface area contributed by atoms with Gasteiger partial charge < -0.3 is 5.11 Å². The Labute approximate surface area is 110 Å². The van der Waals surface area contributed by atoms with Crippen molar-refractivity contribution in [1.82, 2.24) is 19.7 Å². The van der Waals surface area contributed by atoms with Crippen molar-refractivity contribution in [3.8, 4) is 0 Å². The van der Waals surface area contributed by atoms with Gasteiger partial charge in [0.1, 0.15) is 0 Å². The number of fused-ring (bicyclic) bond motifs is 1. The quantitative estimate of drug-likeness (QED) is 0.862. The van der Waals surface area contributed by atoms with E-state index < -0.39 is 0 Å². The molecule has 96 valence electrons. The summed E-state index contributed by atoms with van der Waals surface area (Å²) in [5.41, 5.74) is 0.776. The highest BCUT2D eigenvalue weighted by Gasteiger charge is 2.27. The van der Waals surface area contributed by atoms with Gasteiger partial charge in [-0.25, -0.2) is 9.67 Å². The zero-order valence-electron chi connectivity index (χ0n) is 9.96. The van der Waals surface area contributed by atoms with E-state index in [2.05, 4.69) is 15.1 Å². The fourth-order valence-electron chi connectivity index (χ4n) is 2.80. The van der Waals surface area contributed by atoms with Gasteiger partial charge in [0.05, 0.1) is 11.6 Å². The molecule has 5 nitrogen and oxygen atoms in total. The van der Waals surface area contributed by atoms with Gasteiger partial charge in [-0.3, -0.25) is 0 Å². The van der Waals surface area contributed by atoms with Crippen molar-refractivity contribution in [2.75, 3.05) is 6.61 Å². The summed E-state index contributed by atoms with van der Waals surface area (Å²) in [5, 5.41) is 14.8. The predicted octanol–water partition coefficient (Wildman–Crippen LogP) is 1.89. The van der Waals surface area contributed by atoms with Crippen LogP contribution in [-0.4, -0.2) is 31.5 Å². The first kappa shape index (κ1) is 11.9. The van der Waals surface area contributed by atoms with Crippen molar-refractivity contribution in [1.29, 1.82) is 0 Å². The zero-order valence-corrected chi connectivity index (χ0v) is 10.7. The first-order chi connectivity index (χ1) is 8.78. The van der Waals surface area contributed by atoms with Gasteiger partial charge in [0.25, 0.3) is 0 Å². The number of halogens is 1. The molecule has 2 aromatic rings. The van der Waals surface area contributed by atoms with Crippen molar-refractivity contribution in [2.24, 2.45) is 11.8 Å². The largest absolute Gasteiger partial charge is 0.396 e. The third-order valence-electron chi connectivity index (χ3n) is 3.81. The molecule has 0 bridgehead atoms. The molecule has 1 fully saturated rings. The molecule has 0 amide bonds. The summed E-state index contributed by atoms with van der Waals surface area (Å²) in [7, 11) is 0. The molecular formula is C12H15ClN4O. The van der Waals surface area contributed by atoms with Crippen LogP contribution in [0.3, 0.4) is 0 Å². The van der Waals surface area contributed by atoms with E-state index in [1.165, 1.54) is 6.42 Å². The molecule has 2 aromatic heterocycles. The highest BCUT2D eigenvalue weighted by molar-refractivity contribution is 6.28. The van der Waals surface area contributed by atoms with Crippen molar-refractivity contribution < 1.29 is 5.11 Å². The Balaban J connectivity index is 1.88. The maximum Gasteiger partial charge on any atom is 0.224 e. The molecule has 2 heterocycles. The summed E-state index contributed by atoms with van der Waals surface area (Å²) in [6.07, 6.45) is 6.88. The van der Waals surface area contributed by atoms with Crippen LogP contribution in [-0.2, 0) is 6.54 Å². The summed E-state index contributed by atoms with van der Waals surface area (Å²) in [5.74, 6) is 0.869. The molecule has 6 heteroatoms. The zero-order chi connectivity index (χ0) is 12.5. The van der Waals surface area contributed by atoms with Gasteiger partial charge in [0.2, 0.25) is 5.28 Å². The summed E-state index contributed by atoms with van der Waals surface area (Å²) in [6, 6.07) is 0. The first-order valence-corrected chi connectivity index (χ1v) is 6.60. The van der Waals surface area contributed by atoms with E-state index in [1.807, 2.05) is 4.68 Å². The van der Waals surface area contributed by atoms with E-state index in [1.54, 1.807) is 12.4 Å². The molecule has 0 aliphatic heterocycles. The molecule has 2 atom stereocenters. The number of aliphatic hydroxyl groups is 1. The lowest BCUT2D eigenvalue weighted by Crippen LogP contribution is -2.19. The topological polar surface area (TPSA) is 63.8 Å². The number of aromatic nitrogens is 4. The Hall–Kier alpha value is -1.20. The second-order valence-corrected chi connectivity index (χ2v) is 5.22. The number of hydrogen-bond acceptors (Lipinski definition) is 4. The normalized spacial score (nSPS) is 23.9. The highest BCUT2D eigenvalue weighted by atomic mass is 35.5. The lowest BCUT2D eigenvalue weighted by atomic mass is 9.97. The Morgan fingerprint density at radius 1 is 1.33 bits per heavy atom. The molecule has 0 radical (unpaired) electrons. The van der Waals surface area contributed by atoms with Gasteiger partial charge >= 0.3 is 0 Å². The van der Waals surface area contributed by atoms with E-state index in [0.717, 1.165) is 30.4 Å². The summed E-state index contributed by atoms with van der Waals surface area (Å²) in [6.45, 7) is 1.06. The first-order valence-electron chi connectivity index (χ1n) is 6.23. The van der Waals surface area contributed by atoms with Crippen LogP contribution in [0.25, 0.3) is 11.0 Å². The van der Waals surface area contributed by atoms with Gasteiger partial charge in [-0.2, -0.15) is 10.1 Å². The minimum Gasteiger partial charge on any atom is -0.396 e. The van der Waals surface area contributed by atoms with Gasteiger partial charge in [0, 0.05) is 19.3 Å². The Morgan fingerprint density at radius 2 is 2.17 bits per heavy atom. The van der Waals surface area contributed by atoms with E-state index in [0.29, 0.717) is 11.8 Å². The maximum absolute atomic E-state index is 9.35. The average Bonchev–Trinajstić information content (AvgIpc) is 2.97. The molecule has 18 heavy (non-hydrogen) atoms. The van der Waals surface area contributed by atoms with Crippen LogP contribution >= 0.6 is 11.6 Å². The lowest BCUT2D eigenvalue weighted by molar-refractivity contribution is 0.183. The number of rotatable bonds is 3. The number of hydrogen-bond donors (Lipinski definition) is 1. The molecule has 1 N–H and O–H groups in total. The van der Waals surface area contributed by atoms with Crippen LogP contribution in [0.2, 0.25) is 5.28 Å². The molecule has 0 spiro atoms. The SMILES string of the molecule is OCC1CCCC1Cn1ncc2cnc(Cl)nc21. The van der Waals surface area contributed by atoms with Crippen LogP contribution in [0, 0.1) is 11.8 Å². The van der Waals surface area contributed by atoms with Crippen LogP contribution in [0.1, 0.15) is 19.3 Å². The summed E-state index contributed by atoms with van der Waals surface area (Å²) < 4.78 is 1.88. The van der Waals surface area contributed by atoms with Gasteiger partial charge in [-0.15, -0.1) is 0 Å². The van der Waals surface area contributed by atoms with Crippen LogP contribution < -0.4 is 0 Å². The molecule has 1 aliphatic carbocycles.